The molecule has 0 N–H and O–H groups in total. The zero-order valence-electron chi connectivity index (χ0n) is 10.7. The lowest BCUT2D eigenvalue weighted by Crippen LogP contribution is -2.17. The molecule has 100 valence electrons. The highest BCUT2D eigenvalue weighted by molar-refractivity contribution is 6.30. The summed E-state index contributed by atoms with van der Waals surface area (Å²) in [5.41, 5.74) is 1.26. The van der Waals surface area contributed by atoms with Crippen LogP contribution >= 0.6 is 23.2 Å². The van der Waals surface area contributed by atoms with Crippen molar-refractivity contribution in [3.63, 3.8) is 0 Å². The third-order valence-corrected chi connectivity index (χ3v) is 4.22. The third kappa shape index (κ3) is 4.15. The second kappa shape index (κ2) is 6.79. The molecule has 0 aromatic heterocycles. The van der Waals surface area contributed by atoms with Crippen LogP contribution in [0.2, 0.25) is 5.02 Å². The Hall–Kier alpha value is -0.240. The summed E-state index contributed by atoms with van der Waals surface area (Å²) in [5, 5.41) is 0.798. The summed E-state index contributed by atoms with van der Waals surface area (Å²) < 4.78 is 5.87. The van der Waals surface area contributed by atoms with Crippen LogP contribution in [0.25, 0.3) is 0 Å². The van der Waals surface area contributed by atoms with E-state index in [0.717, 1.165) is 17.9 Å². The van der Waals surface area contributed by atoms with E-state index in [1.54, 1.807) is 0 Å². The summed E-state index contributed by atoms with van der Waals surface area (Å²) in [4.78, 5) is 0. The maximum absolute atomic E-state index is 6.08. The van der Waals surface area contributed by atoms with Crippen LogP contribution in [0.1, 0.15) is 31.7 Å². The third-order valence-electron chi connectivity index (χ3n) is 3.55. The van der Waals surface area contributed by atoms with Crippen LogP contribution in [-0.4, -0.2) is 18.1 Å². The smallest absolute Gasteiger partial charge is 0.0582 e. The van der Waals surface area contributed by atoms with E-state index in [-0.39, 0.29) is 0 Å². The zero-order valence-corrected chi connectivity index (χ0v) is 12.3. The number of ether oxygens (including phenoxy) is 1. The average Bonchev–Trinajstić information content (AvgIpc) is 2.74. The van der Waals surface area contributed by atoms with Crippen LogP contribution in [0.3, 0.4) is 0 Å². The number of rotatable bonds is 5. The highest BCUT2D eigenvalue weighted by Gasteiger charge is 2.24. The Bertz CT molecular complexity index is 381. The molecule has 3 atom stereocenters. The molecule has 0 aliphatic carbocycles. The molecule has 18 heavy (non-hydrogen) atoms. The summed E-state index contributed by atoms with van der Waals surface area (Å²) in [7, 11) is 0. The fraction of sp³-hybridized carbons (Fsp3) is 0.600. The number of benzene rings is 1. The van der Waals surface area contributed by atoms with Crippen molar-refractivity contribution in [2.45, 2.75) is 44.8 Å². The Kier molecular flexibility index (Phi) is 5.35. The molecule has 1 aliphatic heterocycles. The van der Waals surface area contributed by atoms with E-state index in [0.29, 0.717) is 24.0 Å². The minimum Gasteiger partial charge on any atom is -0.375 e. The van der Waals surface area contributed by atoms with Crippen molar-refractivity contribution in [3.8, 4) is 0 Å². The molecule has 1 nitrogen and oxygen atoms in total. The highest BCUT2D eigenvalue weighted by Crippen LogP contribution is 2.27. The van der Waals surface area contributed by atoms with Crippen LogP contribution in [0.4, 0.5) is 0 Å². The van der Waals surface area contributed by atoms with Crippen LogP contribution < -0.4 is 0 Å². The Balaban J connectivity index is 1.89. The average molecular weight is 287 g/mol. The first-order valence-corrected chi connectivity index (χ1v) is 7.54. The standard InChI is InChI=1S/C15H20Cl2O/c1-11-5-6-15(18-11)9-13(10-16)7-12-3-2-4-14(17)8-12/h2-4,8,11,13,15H,5-7,9-10H2,1H3. The summed E-state index contributed by atoms with van der Waals surface area (Å²) in [6, 6.07) is 8.04. The van der Waals surface area contributed by atoms with Crippen molar-refractivity contribution in [1.82, 2.24) is 0 Å². The van der Waals surface area contributed by atoms with Gasteiger partial charge >= 0.3 is 0 Å². The Morgan fingerprint density at radius 2 is 2.22 bits per heavy atom. The Morgan fingerprint density at radius 1 is 1.39 bits per heavy atom. The number of hydrogen-bond donors (Lipinski definition) is 0. The minimum absolute atomic E-state index is 0.392. The van der Waals surface area contributed by atoms with E-state index in [4.69, 9.17) is 27.9 Å². The van der Waals surface area contributed by atoms with Gasteiger partial charge in [0.15, 0.2) is 0 Å². The minimum atomic E-state index is 0.392. The summed E-state index contributed by atoms with van der Waals surface area (Å²) in [6.07, 6.45) is 5.19. The first-order valence-electron chi connectivity index (χ1n) is 6.63. The quantitative estimate of drug-likeness (QED) is 0.713. The topological polar surface area (TPSA) is 9.23 Å². The van der Waals surface area contributed by atoms with Crippen molar-refractivity contribution < 1.29 is 4.74 Å². The van der Waals surface area contributed by atoms with Gasteiger partial charge in [0.1, 0.15) is 0 Å². The molecule has 1 saturated heterocycles. The molecule has 0 radical (unpaired) electrons. The highest BCUT2D eigenvalue weighted by atomic mass is 35.5. The molecule has 0 bridgehead atoms. The van der Waals surface area contributed by atoms with Gasteiger partial charge in [0.2, 0.25) is 0 Å². The fourth-order valence-corrected chi connectivity index (χ4v) is 3.08. The van der Waals surface area contributed by atoms with Crippen LogP contribution in [-0.2, 0) is 11.2 Å². The number of hydrogen-bond acceptors (Lipinski definition) is 1. The van der Waals surface area contributed by atoms with Crippen molar-refractivity contribution in [1.29, 1.82) is 0 Å². The molecule has 1 aromatic rings. The van der Waals surface area contributed by atoms with Crippen LogP contribution in [0.5, 0.6) is 0 Å². The van der Waals surface area contributed by atoms with Crippen LogP contribution in [0.15, 0.2) is 24.3 Å². The van der Waals surface area contributed by atoms with Gasteiger partial charge in [-0.2, -0.15) is 0 Å². The fourth-order valence-electron chi connectivity index (χ4n) is 2.63. The van der Waals surface area contributed by atoms with Gasteiger partial charge in [-0.1, -0.05) is 23.7 Å². The van der Waals surface area contributed by atoms with Gasteiger partial charge in [0.25, 0.3) is 0 Å². The molecule has 1 fully saturated rings. The van der Waals surface area contributed by atoms with E-state index < -0.39 is 0 Å². The van der Waals surface area contributed by atoms with Gasteiger partial charge in [-0.15, -0.1) is 11.6 Å². The van der Waals surface area contributed by atoms with E-state index in [1.165, 1.54) is 18.4 Å². The molecule has 0 amide bonds. The molecule has 0 spiro atoms. The van der Waals surface area contributed by atoms with Gasteiger partial charge in [-0.05, 0) is 56.2 Å². The van der Waals surface area contributed by atoms with E-state index in [1.807, 2.05) is 18.2 Å². The summed E-state index contributed by atoms with van der Waals surface area (Å²) in [5.74, 6) is 1.15. The first kappa shape index (κ1) is 14.2. The lowest BCUT2D eigenvalue weighted by Gasteiger charge is -2.19. The van der Waals surface area contributed by atoms with Gasteiger partial charge in [-0.25, -0.2) is 0 Å². The Morgan fingerprint density at radius 3 is 2.83 bits per heavy atom. The molecule has 3 unspecified atom stereocenters. The Labute approximate surface area is 119 Å². The number of halogens is 2. The predicted molar refractivity (Wildman–Crippen MR) is 77.6 cm³/mol. The van der Waals surface area contributed by atoms with Gasteiger partial charge in [-0.3, -0.25) is 0 Å². The van der Waals surface area contributed by atoms with Gasteiger partial charge in [0.05, 0.1) is 12.2 Å². The summed E-state index contributed by atoms with van der Waals surface area (Å²) >= 11 is 12.1. The van der Waals surface area contributed by atoms with Crippen molar-refractivity contribution in [2.75, 3.05) is 5.88 Å². The molecule has 0 saturated carbocycles. The first-order chi connectivity index (χ1) is 8.67. The summed E-state index contributed by atoms with van der Waals surface area (Å²) in [6.45, 7) is 2.15. The largest absolute Gasteiger partial charge is 0.375 e. The molecule has 2 rings (SSSR count). The molecule has 1 heterocycles. The second-order valence-corrected chi connectivity index (χ2v) is 5.98. The molecule has 1 aromatic carbocycles. The SMILES string of the molecule is CC1CCC(CC(CCl)Cc2cccc(Cl)c2)O1. The molecule has 1 aliphatic rings. The van der Waals surface area contributed by atoms with E-state index >= 15 is 0 Å². The lowest BCUT2D eigenvalue weighted by atomic mass is 9.94. The predicted octanol–water partition coefficient (Wildman–Crippen LogP) is 4.70. The van der Waals surface area contributed by atoms with Crippen molar-refractivity contribution >= 4 is 23.2 Å². The molecular formula is C15H20Cl2O. The van der Waals surface area contributed by atoms with Crippen molar-refractivity contribution in [2.24, 2.45) is 5.92 Å². The molecular weight excluding hydrogens is 267 g/mol. The van der Waals surface area contributed by atoms with Gasteiger partial charge < -0.3 is 4.74 Å². The molecule has 3 heteroatoms. The second-order valence-electron chi connectivity index (χ2n) is 5.24. The van der Waals surface area contributed by atoms with Crippen molar-refractivity contribution in [3.05, 3.63) is 34.9 Å². The monoisotopic (exact) mass is 286 g/mol. The van der Waals surface area contributed by atoms with Gasteiger partial charge in [0, 0.05) is 10.9 Å². The van der Waals surface area contributed by atoms with E-state index in [2.05, 4.69) is 13.0 Å². The lowest BCUT2D eigenvalue weighted by molar-refractivity contribution is 0.0426. The normalized spacial score (nSPS) is 25.3. The zero-order chi connectivity index (χ0) is 13.0. The van der Waals surface area contributed by atoms with Crippen LogP contribution in [0, 0.1) is 5.92 Å². The maximum Gasteiger partial charge on any atom is 0.0582 e. The number of alkyl halides is 1. The van der Waals surface area contributed by atoms with E-state index in [9.17, 15) is 0 Å². The maximum atomic E-state index is 6.08.